The molecule has 26 heavy (non-hydrogen) atoms. The molecule has 0 amide bonds. The minimum atomic E-state index is -0.333. The van der Waals surface area contributed by atoms with Gasteiger partial charge < -0.3 is 14.6 Å². The van der Waals surface area contributed by atoms with E-state index in [4.69, 9.17) is 4.74 Å². The van der Waals surface area contributed by atoms with Crippen LogP contribution < -0.4 is 21.7 Å². The number of hydrogen-bond donors (Lipinski definition) is 1. The van der Waals surface area contributed by atoms with Crippen molar-refractivity contribution in [1.29, 1.82) is 0 Å². The van der Waals surface area contributed by atoms with Crippen molar-refractivity contribution in [3.63, 3.8) is 0 Å². The fourth-order valence-electron chi connectivity index (χ4n) is 3.44. The third-order valence-corrected chi connectivity index (χ3v) is 4.70. The SMILES string of the molecule is COCCNC=c1c(=O)n(C)c2cccc3c4ccccc4n(c1=O)c32. The van der Waals surface area contributed by atoms with Crippen molar-refractivity contribution < 1.29 is 4.74 Å². The number of methoxy groups -OCH3 is 1. The van der Waals surface area contributed by atoms with Crippen molar-refractivity contribution in [3.8, 4) is 0 Å². The summed E-state index contributed by atoms with van der Waals surface area (Å²) in [5, 5.41) is 5.05. The molecule has 4 aromatic rings. The Morgan fingerprint density at radius 1 is 1.00 bits per heavy atom. The number of hydrogen-bond acceptors (Lipinski definition) is 4. The molecular formula is C20H19N3O3. The molecule has 0 aliphatic carbocycles. The number of aromatic nitrogens is 2. The molecule has 0 fully saturated rings. The number of rotatable bonds is 4. The van der Waals surface area contributed by atoms with Gasteiger partial charge in [0.15, 0.2) is 0 Å². The zero-order valence-corrected chi connectivity index (χ0v) is 14.7. The molecule has 132 valence electrons. The predicted octanol–water partition coefficient (Wildman–Crippen LogP) is 0.997. The van der Waals surface area contributed by atoms with E-state index < -0.39 is 0 Å². The fourth-order valence-corrected chi connectivity index (χ4v) is 3.44. The molecule has 0 aliphatic heterocycles. The summed E-state index contributed by atoms with van der Waals surface area (Å²) in [4.78, 5) is 26.2. The lowest BCUT2D eigenvalue weighted by molar-refractivity contribution is 0.203. The highest BCUT2D eigenvalue weighted by Gasteiger charge is 2.15. The Morgan fingerprint density at radius 2 is 1.73 bits per heavy atom. The van der Waals surface area contributed by atoms with E-state index >= 15 is 0 Å². The topological polar surface area (TPSA) is 64.7 Å². The van der Waals surface area contributed by atoms with Gasteiger partial charge in [-0.2, -0.15) is 0 Å². The molecule has 6 nitrogen and oxygen atoms in total. The van der Waals surface area contributed by atoms with Crippen LogP contribution in [0.3, 0.4) is 0 Å². The van der Waals surface area contributed by atoms with Crippen molar-refractivity contribution in [3.05, 3.63) is 68.4 Å². The third kappa shape index (κ3) is 2.30. The normalized spacial score (nSPS) is 12.5. The molecule has 6 heteroatoms. The van der Waals surface area contributed by atoms with Crippen molar-refractivity contribution in [2.45, 2.75) is 0 Å². The molecule has 2 heterocycles. The molecule has 0 saturated heterocycles. The van der Waals surface area contributed by atoms with Crippen molar-refractivity contribution in [2.75, 3.05) is 20.3 Å². The molecule has 0 aliphatic rings. The molecule has 0 saturated carbocycles. The van der Waals surface area contributed by atoms with E-state index in [1.807, 2.05) is 42.5 Å². The maximum atomic E-state index is 13.3. The number of benzene rings is 2. The van der Waals surface area contributed by atoms with Gasteiger partial charge in [-0.1, -0.05) is 30.3 Å². The first-order chi connectivity index (χ1) is 12.6. The Balaban J connectivity index is 2.24. The summed E-state index contributed by atoms with van der Waals surface area (Å²) in [6, 6.07) is 13.5. The molecular weight excluding hydrogens is 330 g/mol. The lowest BCUT2D eigenvalue weighted by Crippen LogP contribution is -2.44. The van der Waals surface area contributed by atoms with Gasteiger partial charge in [-0.3, -0.25) is 14.0 Å². The molecule has 1 N–H and O–H groups in total. The Kier molecular flexibility index (Phi) is 3.97. The van der Waals surface area contributed by atoms with Gasteiger partial charge in [-0.05, 0) is 12.1 Å². The smallest absolute Gasteiger partial charge is 0.270 e. The maximum absolute atomic E-state index is 13.3. The molecule has 4 rings (SSSR count). The van der Waals surface area contributed by atoms with Crippen LogP contribution in [0.2, 0.25) is 0 Å². The number of aryl methyl sites for hydroxylation is 1. The van der Waals surface area contributed by atoms with Crippen LogP contribution >= 0.6 is 0 Å². The Bertz CT molecular complexity index is 1300. The van der Waals surface area contributed by atoms with Crippen LogP contribution in [-0.4, -0.2) is 29.2 Å². The minimum absolute atomic E-state index is 0.0995. The van der Waals surface area contributed by atoms with Gasteiger partial charge in [0.25, 0.3) is 11.1 Å². The largest absolute Gasteiger partial charge is 0.388 e. The van der Waals surface area contributed by atoms with Crippen LogP contribution in [0.5, 0.6) is 0 Å². The maximum Gasteiger partial charge on any atom is 0.270 e. The summed E-state index contributed by atoms with van der Waals surface area (Å²) in [5.74, 6) is 0. The standard InChI is InChI=1S/C20H19N3O3/c1-22-17-9-5-7-14-13-6-3-4-8-16(13)23(18(14)17)20(25)15(19(22)24)12-21-10-11-26-2/h3-9,12,21H,10-11H2,1-2H3. The summed E-state index contributed by atoms with van der Waals surface area (Å²) >= 11 is 0. The quantitative estimate of drug-likeness (QED) is 0.558. The van der Waals surface area contributed by atoms with Crippen LogP contribution in [0.15, 0.2) is 52.1 Å². The van der Waals surface area contributed by atoms with Crippen molar-refractivity contribution >= 4 is 33.5 Å². The number of nitrogens with zero attached hydrogens (tertiary/aromatic N) is 2. The van der Waals surface area contributed by atoms with E-state index in [9.17, 15) is 9.59 Å². The first-order valence-corrected chi connectivity index (χ1v) is 8.42. The molecule has 0 atom stereocenters. The van der Waals surface area contributed by atoms with Crippen LogP contribution in [0.1, 0.15) is 0 Å². The van der Waals surface area contributed by atoms with Gasteiger partial charge in [0.05, 0.1) is 23.2 Å². The van der Waals surface area contributed by atoms with Gasteiger partial charge in [-0.25, -0.2) is 0 Å². The summed E-state index contributed by atoms with van der Waals surface area (Å²) in [7, 11) is 3.30. The zero-order chi connectivity index (χ0) is 18.3. The van der Waals surface area contributed by atoms with E-state index in [0.717, 1.165) is 27.3 Å². The highest BCUT2D eigenvalue weighted by molar-refractivity contribution is 6.12. The first-order valence-electron chi connectivity index (χ1n) is 8.42. The fraction of sp³-hybridized carbons (Fsp3) is 0.200. The van der Waals surface area contributed by atoms with Crippen LogP contribution in [0.25, 0.3) is 33.5 Å². The third-order valence-electron chi connectivity index (χ3n) is 4.70. The van der Waals surface area contributed by atoms with Crippen LogP contribution in [0, 0.1) is 0 Å². The second kappa shape index (κ2) is 6.31. The Labute approximate surface area is 148 Å². The van der Waals surface area contributed by atoms with Gasteiger partial charge in [0, 0.05) is 37.7 Å². The van der Waals surface area contributed by atoms with Crippen molar-refractivity contribution in [1.82, 2.24) is 14.3 Å². The highest BCUT2D eigenvalue weighted by Crippen LogP contribution is 2.28. The summed E-state index contributed by atoms with van der Waals surface area (Å²) < 4.78 is 8.17. The van der Waals surface area contributed by atoms with Gasteiger partial charge in [0.1, 0.15) is 5.22 Å². The molecule has 2 aromatic carbocycles. The lowest BCUT2D eigenvalue weighted by atomic mass is 10.1. The van der Waals surface area contributed by atoms with Gasteiger partial charge in [0.2, 0.25) is 0 Å². The van der Waals surface area contributed by atoms with Crippen LogP contribution in [-0.2, 0) is 11.8 Å². The molecule has 0 bridgehead atoms. The average molecular weight is 349 g/mol. The Morgan fingerprint density at radius 3 is 2.54 bits per heavy atom. The molecule has 0 unspecified atom stereocenters. The number of ether oxygens (including phenoxy) is 1. The molecule has 0 spiro atoms. The van der Waals surface area contributed by atoms with Crippen LogP contribution in [0.4, 0.5) is 0 Å². The minimum Gasteiger partial charge on any atom is -0.388 e. The summed E-state index contributed by atoms with van der Waals surface area (Å²) in [6.45, 7) is 0.998. The lowest BCUT2D eigenvalue weighted by Gasteiger charge is -1.99. The second-order valence-corrected chi connectivity index (χ2v) is 6.20. The van der Waals surface area contributed by atoms with E-state index in [1.165, 1.54) is 10.8 Å². The van der Waals surface area contributed by atoms with E-state index in [-0.39, 0.29) is 16.3 Å². The number of para-hydroxylation sites is 2. The highest BCUT2D eigenvalue weighted by atomic mass is 16.5. The van der Waals surface area contributed by atoms with E-state index in [2.05, 4.69) is 5.32 Å². The van der Waals surface area contributed by atoms with Crippen molar-refractivity contribution in [2.24, 2.45) is 7.05 Å². The van der Waals surface area contributed by atoms with E-state index in [1.54, 1.807) is 18.6 Å². The zero-order valence-electron chi connectivity index (χ0n) is 14.7. The van der Waals surface area contributed by atoms with E-state index in [0.29, 0.717) is 13.2 Å². The summed E-state index contributed by atoms with van der Waals surface area (Å²) in [5.41, 5.74) is 1.61. The molecule has 2 aromatic heterocycles. The monoisotopic (exact) mass is 349 g/mol. The first kappa shape index (κ1) is 16.4. The Hall–Kier alpha value is -3.12. The van der Waals surface area contributed by atoms with Gasteiger partial charge in [-0.15, -0.1) is 0 Å². The number of nitrogens with one attached hydrogen (secondary N) is 1. The van der Waals surface area contributed by atoms with Gasteiger partial charge >= 0.3 is 0 Å². The predicted molar refractivity (Wildman–Crippen MR) is 103 cm³/mol. The summed E-state index contributed by atoms with van der Waals surface area (Å²) in [6.07, 6.45) is 1.49. The second-order valence-electron chi connectivity index (χ2n) is 6.20. The average Bonchev–Trinajstić information content (AvgIpc) is 2.97. The number of fused-ring (bicyclic) bond motifs is 3. The molecule has 0 radical (unpaired) electrons.